The average Bonchev–Trinajstić information content (AvgIpc) is 3.06. The summed E-state index contributed by atoms with van der Waals surface area (Å²) < 4.78 is 33.6. The van der Waals surface area contributed by atoms with E-state index in [0.717, 1.165) is 39.1 Å². The lowest BCUT2D eigenvalue weighted by Crippen LogP contribution is -2.64. The van der Waals surface area contributed by atoms with Crippen molar-refractivity contribution in [2.45, 2.75) is 31.9 Å². The standard InChI is InChI=1S/C15H26N4O3S/c1-3-23(20,21)17-6-4-14-5-7-22-15(14)11-19(12-15)10-13-8-16-18(2)9-13/h8-9,14,17H,3-7,10-12H2,1-2H3. The molecule has 23 heavy (non-hydrogen) atoms. The molecule has 1 spiro atoms. The minimum Gasteiger partial charge on any atom is -0.372 e. The van der Waals surface area contributed by atoms with Crippen LogP contribution in [0.15, 0.2) is 12.4 Å². The molecular formula is C15H26N4O3S. The van der Waals surface area contributed by atoms with Gasteiger partial charge in [0.05, 0.1) is 17.6 Å². The number of hydrogen-bond acceptors (Lipinski definition) is 5. The molecule has 2 saturated heterocycles. The van der Waals surface area contributed by atoms with Gasteiger partial charge in [-0.1, -0.05) is 0 Å². The molecule has 3 heterocycles. The molecule has 7 nitrogen and oxygen atoms in total. The third-order valence-corrected chi connectivity index (χ3v) is 6.35. The molecule has 1 atom stereocenters. The Kier molecular flexibility index (Phi) is 4.78. The third-order valence-electron chi connectivity index (χ3n) is 4.94. The fourth-order valence-corrected chi connectivity index (χ4v) is 4.30. The van der Waals surface area contributed by atoms with Gasteiger partial charge in [-0.05, 0) is 25.7 Å². The van der Waals surface area contributed by atoms with Crippen molar-refractivity contribution in [2.75, 3.05) is 32.0 Å². The Morgan fingerprint density at radius 2 is 2.26 bits per heavy atom. The molecule has 0 bridgehead atoms. The zero-order valence-electron chi connectivity index (χ0n) is 13.9. The van der Waals surface area contributed by atoms with Crippen LogP contribution in [0.2, 0.25) is 0 Å². The van der Waals surface area contributed by atoms with Crippen LogP contribution in [0, 0.1) is 5.92 Å². The lowest BCUT2D eigenvalue weighted by Gasteiger charge is -2.50. The highest BCUT2D eigenvalue weighted by Gasteiger charge is 2.52. The van der Waals surface area contributed by atoms with Gasteiger partial charge in [0.25, 0.3) is 0 Å². The Bertz CT molecular complexity index is 637. The van der Waals surface area contributed by atoms with Crippen LogP contribution >= 0.6 is 0 Å². The maximum absolute atomic E-state index is 11.5. The summed E-state index contributed by atoms with van der Waals surface area (Å²) in [4.78, 5) is 2.37. The zero-order valence-corrected chi connectivity index (χ0v) is 14.7. The normalized spacial score (nSPS) is 24.2. The van der Waals surface area contributed by atoms with Gasteiger partial charge in [0.2, 0.25) is 10.0 Å². The molecular weight excluding hydrogens is 316 g/mol. The number of rotatable bonds is 7. The van der Waals surface area contributed by atoms with Crippen LogP contribution in [0.1, 0.15) is 25.3 Å². The van der Waals surface area contributed by atoms with Gasteiger partial charge < -0.3 is 4.74 Å². The van der Waals surface area contributed by atoms with E-state index < -0.39 is 10.0 Å². The molecule has 130 valence electrons. The van der Waals surface area contributed by atoms with Gasteiger partial charge in [-0.15, -0.1) is 0 Å². The summed E-state index contributed by atoms with van der Waals surface area (Å²) in [6, 6.07) is 0. The van der Waals surface area contributed by atoms with Crippen molar-refractivity contribution in [3.8, 4) is 0 Å². The van der Waals surface area contributed by atoms with Crippen molar-refractivity contribution >= 4 is 10.0 Å². The van der Waals surface area contributed by atoms with Crippen molar-refractivity contribution in [3.05, 3.63) is 18.0 Å². The van der Waals surface area contributed by atoms with Crippen molar-refractivity contribution in [3.63, 3.8) is 0 Å². The number of nitrogens with zero attached hydrogens (tertiary/aromatic N) is 3. The Morgan fingerprint density at radius 3 is 2.91 bits per heavy atom. The number of likely N-dealkylation sites (tertiary alicyclic amines) is 1. The number of hydrogen-bond donors (Lipinski definition) is 1. The summed E-state index contributed by atoms with van der Waals surface area (Å²) in [6.45, 7) is 5.69. The number of nitrogens with one attached hydrogen (secondary N) is 1. The number of aromatic nitrogens is 2. The maximum atomic E-state index is 11.5. The Hall–Kier alpha value is -0.960. The fraction of sp³-hybridized carbons (Fsp3) is 0.800. The molecule has 8 heteroatoms. The quantitative estimate of drug-likeness (QED) is 0.773. The van der Waals surface area contributed by atoms with E-state index in [2.05, 4.69) is 14.7 Å². The second-order valence-corrected chi connectivity index (χ2v) is 8.75. The Balaban J connectivity index is 1.48. The summed E-state index contributed by atoms with van der Waals surface area (Å²) in [5.74, 6) is 0.574. The molecule has 1 unspecified atom stereocenters. The lowest BCUT2D eigenvalue weighted by molar-refractivity contribution is -0.136. The molecule has 0 aromatic carbocycles. The summed E-state index contributed by atoms with van der Waals surface area (Å²) >= 11 is 0. The highest BCUT2D eigenvalue weighted by molar-refractivity contribution is 7.89. The summed E-state index contributed by atoms with van der Waals surface area (Å²) in [7, 11) is -1.17. The number of aryl methyl sites for hydroxylation is 1. The summed E-state index contributed by atoms with van der Waals surface area (Å²) in [5, 5.41) is 4.20. The van der Waals surface area contributed by atoms with Crippen LogP contribution < -0.4 is 4.72 Å². The first-order valence-corrected chi connectivity index (χ1v) is 9.89. The second-order valence-electron chi connectivity index (χ2n) is 6.65. The molecule has 0 amide bonds. The van der Waals surface area contributed by atoms with E-state index in [1.54, 1.807) is 6.92 Å². The van der Waals surface area contributed by atoms with Crippen molar-refractivity contribution in [1.82, 2.24) is 19.4 Å². The molecule has 2 fully saturated rings. The van der Waals surface area contributed by atoms with E-state index in [1.807, 2.05) is 24.1 Å². The van der Waals surface area contributed by atoms with Crippen LogP contribution in [0.5, 0.6) is 0 Å². The van der Waals surface area contributed by atoms with E-state index in [4.69, 9.17) is 4.74 Å². The lowest BCUT2D eigenvalue weighted by atomic mass is 9.79. The van der Waals surface area contributed by atoms with Crippen LogP contribution in [0.4, 0.5) is 0 Å². The minimum atomic E-state index is -3.10. The molecule has 2 aliphatic heterocycles. The van der Waals surface area contributed by atoms with E-state index in [9.17, 15) is 8.42 Å². The molecule has 1 aromatic rings. The van der Waals surface area contributed by atoms with E-state index in [1.165, 1.54) is 5.56 Å². The van der Waals surface area contributed by atoms with Gasteiger partial charge in [0.1, 0.15) is 0 Å². The average molecular weight is 342 g/mol. The summed E-state index contributed by atoms with van der Waals surface area (Å²) in [6.07, 6.45) is 5.81. The van der Waals surface area contributed by atoms with Crippen LogP contribution in [-0.4, -0.2) is 60.7 Å². The zero-order chi connectivity index (χ0) is 16.5. The summed E-state index contributed by atoms with van der Waals surface area (Å²) in [5.41, 5.74) is 1.15. The second kappa shape index (κ2) is 6.51. The molecule has 3 rings (SSSR count). The predicted molar refractivity (Wildman–Crippen MR) is 87.4 cm³/mol. The molecule has 0 aliphatic carbocycles. The highest BCUT2D eigenvalue weighted by Crippen LogP contribution is 2.41. The van der Waals surface area contributed by atoms with Gasteiger partial charge in [0.15, 0.2) is 0 Å². The van der Waals surface area contributed by atoms with Gasteiger partial charge in [-0.25, -0.2) is 13.1 Å². The predicted octanol–water partition coefficient (Wildman–Crippen LogP) is 0.340. The molecule has 2 aliphatic rings. The first kappa shape index (κ1) is 16.9. The topological polar surface area (TPSA) is 76.5 Å². The number of sulfonamides is 1. The smallest absolute Gasteiger partial charge is 0.211 e. The minimum absolute atomic E-state index is 0.0696. The van der Waals surface area contributed by atoms with Crippen molar-refractivity contribution in [2.24, 2.45) is 13.0 Å². The molecule has 0 radical (unpaired) electrons. The highest BCUT2D eigenvalue weighted by atomic mass is 32.2. The first-order chi connectivity index (χ1) is 10.9. The van der Waals surface area contributed by atoms with E-state index in [-0.39, 0.29) is 11.4 Å². The van der Waals surface area contributed by atoms with Crippen LogP contribution in [0.3, 0.4) is 0 Å². The monoisotopic (exact) mass is 342 g/mol. The van der Waals surface area contributed by atoms with Gasteiger partial charge >= 0.3 is 0 Å². The van der Waals surface area contributed by atoms with E-state index >= 15 is 0 Å². The largest absolute Gasteiger partial charge is 0.372 e. The Labute approximate surface area is 138 Å². The molecule has 1 aromatic heterocycles. The van der Waals surface area contributed by atoms with Crippen LogP contribution in [-0.2, 0) is 28.4 Å². The van der Waals surface area contributed by atoms with Crippen molar-refractivity contribution < 1.29 is 13.2 Å². The maximum Gasteiger partial charge on any atom is 0.211 e. The van der Waals surface area contributed by atoms with E-state index in [0.29, 0.717) is 12.5 Å². The molecule has 1 N–H and O–H groups in total. The SMILES string of the molecule is CCS(=O)(=O)NCCC1CCOC12CN(Cc1cnn(C)c1)C2. The van der Waals surface area contributed by atoms with Crippen molar-refractivity contribution in [1.29, 1.82) is 0 Å². The van der Waals surface area contributed by atoms with Gasteiger partial charge in [0, 0.05) is 51.6 Å². The number of ether oxygens (including phenoxy) is 1. The van der Waals surface area contributed by atoms with Gasteiger partial charge in [-0.2, -0.15) is 5.10 Å². The Morgan fingerprint density at radius 1 is 1.48 bits per heavy atom. The van der Waals surface area contributed by atoms with Crippen LogP contribution in [0.25, 0.3) is 0 Å². The molecule has 0 saturated carbocycles. The first-order valence-electron chi connectivity index (χ1n) is 8.24. The fourth-order valence-electron chi connectivity index (χ4n) is 3.67. The third kappa shape index (κ3) is 3.76. The van der Waals surface area contributed by atoms with Gasteiger partial charge in [-0.3, -0.25) is 9.58 Å².